The molecule has 0 fully saturated rings. The number of rotatable bonds is 68. The summed E-state index contributed by atoms with van der Waals surface area (Å²) in [6.45, 7) is 40.5. The number of aliphatic hydroxyl groups is 4. The minimum atomic E-state index is 0.116. The van der Waals surface area contributed by atoms with Crippen LogP contribution in [0.25, 0.3) is 0 Å². The first-order valence-corrected chi connectivity index (χ1v) is 55.9. The molecular weight excluding hydrogens is 1730 g/mol. The summed E-state index contributed by atoms with van der Waals surface area (Å²) in [7, 11) is 0. The second-order valence-corrected chi connectivity index (χ2v) is 39.9. The average Bonchev–Trinajstić information content (AvgIpc) is 0.772. The molecule has 2 aliphatic rings. The predicted molar refractivity (Wildman–Crippen MR) is 588 cm³/mol. The second kappa shape index (κ2) is 67.5. The van der Waals surface area contributed by atoms with Gasteiger partial charge in [0.05, 0.1) is 52.9 Å². The van der Waals surface area contributed by atoms with Gasteiger partial charge in [0, 0.05) is 77.8 Å². The van der Waals surface area contributed by atoms with Gasteiger partial charge in [0.25, 0.3) is 0 Å². The average molecular weight is 1910 g/mol. The normalized spacial score (nSPS) is 12.2. The maximum atomic E-state index is 10.2. The van der Waals surface area contributed by atoms with E-state index in [1.54, 1.807) is 0 Å². The lowest BCUT2D eigenvalue weighted by Crippen LogP contribution is -2.12. The molecular formula is C128H184O12. The van der Waals surface area contributed by atoms with E-state index in [1.807, 2.05) is 24.3 Å². The Balaban J connectivity index is 0.000000313. The maximum Gasteiger partial charge on any atom is 0.126 e. The number of hydrogen-bond acceptors (Lipinski definition) is 12. The summed E-state index contributed by atoms with van der Waals surface area (Å²) in [5.41, 5.74) is 28.1. The molecule has 140 heavy (non-hydrogen) atoms. The summed E-state index contributed by atoms with van der Waals surface area (Å²) < 4.78 is 56.9. The number of fused-ring (bicyclic) bond motifs is 16. The van der Waals surface area contributed by atoms with Gasteiger partial charge in [-0.3, -0.25) is 0 Å². The van der Waals surface area contributed by atoms with Crippen LogP contribution in [-0.2, 0) is 103 Å². The number of aliphatic hydroxyl groups excluding tert-OH is 4. The van der Waals surface area contributed by atoms with Crippen molar-refractivity contribution in [2.45, 2.75) is 389 Å². The molecule has 8 aromatic rings. The van der Waals surface area contributed by atoms with Crippen LogP contribution in [0.3, 0.4) is 0 Å². The van der Waals surface area contributed by atoms with Gasteiger partial charge in [-0.15, -0.1) is 26.3 Å². The Bertz CT molecular complexity index is 4150. The van der Waals surface area contributed by atoms with Crippen LogP contribution < -0.4 is 37.9 Å². The van der Waals surface area contributed by atoms with Crippen molar-refractivity contribution >= 4 is 0 Å². The number of aryl methyl sites for hydroxylation is 4. The fourth-order valence-electron chi connectivity index (χ4n) is 20.3. The molecule has 0 heterocycles. The van der Waals surface area contributed by atoms with E-state index >= 15 is 0 Å². The van der Waals surface area contributed by atoms with Crippen molar-refractivity contribution in [1.29, 1.82) is 0 Å². The molecule has 12 heteroatoms. The van der Waals surface area contributed by atoms with Crippen LogP contribution in [0.1, 0.15) is 420 Å². The monoisotopic (exact) mass is 1910 g/mol. The smallest absolute Gasteiger partial charge is 0.126 e. The number of benzene rings is 8. The highest BCUT2D eigenvalue weighted by molar-refractivity contribution is 5.62. The van der Waals surface area contributed by atoms with E-state index in [9.17, 15) is 20.4 Å². The van der Waals surface area contributed by atoms with Crippen LogP contribution in [0.15, 0.2) is 148 Å². The van der Waals surface area contributed by atoms with Crippen molar-refractivity contribution in [2.75, 3.05) is 79.3 Å². The summed E-state index contributed by atoms with van der Waals surface area (Å²) in [5.74, 6) is 7.68. The molecule has 16 bridgehead atoms. The van der Waals surface area contributed by atoms with Gasteiger partial charge in [0.1, 0.15) is 46.0 Å². The van der Waals surface area contributed by atoms with Crippen LogP contribution in [0.5, 0.6) is 46.0 Å². The minimum absolute atomic E-state index is 0.116. The largest absolute Gasteiger partial charge is 0.493 e. The Kier molecular flexibility index (Phi) is 55.2. The molecule has 0 unspecified atom stereocenters. The van der Waals surface area contributed by atoms with Crippen LogP contribution in [0, 0.1) is 0 Å². The van der Waals surface area contributed by atoms with Gasteiger partial charge in [-0.25, -0.2) is 0 Å². The van der Waals surface area contributed by atoms with E-state index in [-0.39, 0.29) is 26.4 Å². The van der Waals surface area contributed by atoms with E-state index in [0.29, 0.717) is 130 Å². The molecule has 0 saturated heterocycles. The fourth-order valence-corrected chi connectivity index (χ4v) is 20.3. The zero-order chi connectivity index (χ0) is 99.5. The zero-order valence-electron chi connectivity index (χ0n) is 88.7. The van der Waals surface area contributed by atoms with Gasteiger partial charge < -0.3 is 58.3 Å². The van der Waals surface area contributed by atoms with Gasteiger partial charge in [-0.2, -0.15) is 0 Å². The van der Waals surface area contributed by atoms with Crippen molar-refractivity contribution in [1.82, 2.24) is 0 Å². The Morgan fingerprint density at radius 2 is 0.300 bits per heavy atom. The van der Waals surface area contributed by atoms with Crippen LogP contribution >= 0.6 is 0 Å². The molecule has 8 aromatic carbocycles. The molecule has 0 amide bonds. The van der Waals surface area contributed by atoms with Crippen molar-refractivity contribution in [3.63, 3.8) is 0 Å². The molecule has 0 saturated carbocycles. The third kappa shape index (κ3) is 38.2. The summed E-state index contributed by atoms with van der Waals surface area (Å²) >= 11 is 0. The lowest BCUT2D eigenvalue weighted by molar-refractivity contribution is 0.288. The Hall–Kier alpha value is -9.04. The molecule has 12 nitrogen and oxygen atoms in total. The third-order valence-corrected chi connectivity index (χ3v) is 27.4. The maximum absolute atomic E-state index is 10.2. The number of ether oxygens (including phenoxy) is 8. The quantitative estimate of drug-likeness (QED) is 0.0212. The molecule has 0 spiro atoms. The summed E-state index contributed by atoms with van der Waals surface area (Å²) in [6.07, 6.45) is 57.8. The number of hydrogen-bond donors (Lipinski definition) is 4. The molecule has 4 N–H and O–H groups in total. The summed E-state index contributed by atoms with van der Waals surface area (Å²) in [4.78, 5) is 0. The minimum Gasteiger partial charge on any atom is -0.493 e. The highest BCUT2D eigenvalue weighted by Gasteiger charge is 2.29. The van der Waals surface area contributed by atoms with Crippen molar-refractivity contribution in [3.8, 4) is 46.0 Å². The van der Waals surface area contributed by atoms with Crippen LogP contribution in [-0.4, -0.2) is 99.7 Å². The van der Waals surface area contributed by atoms with E-state index in [1.165, 1.54) is 166 Å². The van der Waals surface area contributed by atoms with Crippen molar-refractivity contribution in [3.05, 3.63) is 281 Å². The Labute approximate surface area is 848 Å². The molecule has 0 aromatic heterocycles. The van der Waals surface area contributed by atoms with Crippen LogP contribution in [0.4, 0.5) is 0 Å². The van der Waals surface area contributed by atoms with Gasteiger partial charge in [0.2, 0.25) is 0 Å². The first-order valence-electron chi connectivity index (χ1n) is 55.9. The Morgan fingerprint density at radius 1 is 0.179 bits per heavy atom. The number of unbranched alkanes of at least 4 members (excludes halogenated alkanes) is 24. The van der Waals surface area contributed by atoms with Crippen molar-refractivity contribution < 1.29 is 58.3 Å². The highest BCUT2D eigenvalue weighted by Crippen LogP contribution is 2.46. The first kappa shape index (κ1) is 115. The van der Waals surface area contributed by atoms with Gasteiger partial charge in [0.15, 0.2) is 0 Å². The molecule has 2 aliphatic carbocycles. The fraction of sp³-hybridized carbons (Fsp3) is 0.562. The lowest BCUT2D eigenvalue weighted by Gasteiger charge is -2.25. The summed E-state index contributed by atoms with van der Waals surface area (Å²) in [5, 5.41) is 40.7. The SMILES string of the molecule is C=CCc1cc2c(OCCCCCC)c(c1)Cc1cc(CC=C)cc(c1OCCCCCC)Cc1cc(CC=C)cc(c1OCCCCCC)Cc1cc(CC=C)cc(c1OCCCCCC)C2.CCCCCCOc1c2cc(CCCO)cc1Cc1cc(CCCO)cc(c1OCCCCCC)Cc1cc(CCCO)cc(c1OCCCCCC)Cc1cc(CCCO)cc(c1OCCCCCC)C2. The molecule has 0 radical (unpaired) electrons. The number of allylic oxidation sites excluding steroid dienone is 4. The molecule has 0 atom stereocenters. The zero-order valence-corrected chi connectivity index (χ0v) is 88.7. The van der Waals surface area contributed by atoms with Gasteiger partial charge in [-0.1, -0.05) is 331 Å². The predicted octanol–water partition coefficient (Wildman–Crippen LogP) is 31.0. The van der Waals surface area contributed by atoms with Gasteiger partial charge >= 0.3 is 0 Å². The molecule has 768 valence electrons. The topological polar surface area (TPSA) is 155 Å². The van der Waals surface area contributed by atoms with Crippen LogP contribution in [0.2, 0.25) is 0 Å². The van der Waals surface area contributed by atoms with E-state index in [4.69, 9.17) is 37.9 Å². The first-order chi connectivity index (χ1) is 68.8. The highest BCUT2D eigenvalue weighted by atomic mass is 16.5. The van der Waals surface area contributed by atoms with E-state index in [0.717, 1.165) is 270 Å². The van der Waals surface area contributed by atoms with Crippen molar-refractivity contribution in [2.24, 2.45) is 0 Å². The Morgan fingerprint density at radius 3 is 0.407 bits per heavy atom. The standard InChI is InChI=1S/C64H96O8.C64H88O4/c1-5-9-13-17-33-69-61-53-37-49(25-21-29-65)38-54(61)46-56-40-51(27-23-31-67)42-58(63(56)71-35-19-15-11-7-3)48-60-44-52(28-24-32-68)43-59(64(60)72-36-20-16-12-8-4)47-57-41-50(26-22-30-66)39-55(45-53)62(57)70-34-18-14-10-6-2;1-9-17-21-25-33-65-61-53-37-49(29-13-5)38-54(61)46-56-40-51(31-15-7)42-58(63(56)67-35-27-23-19-11-3)48-60-44-52(32-16-8)43-59(64(60)68-36-28-24-20-12-4)47-57-41-50(30-14-6)39-55(45-53)62(57)66-34-26-22-18-10-2/h37-44,65-68H,5-36,45-48H2,1-4H3;13-16,37-44H,5-12,17-36,45-48H2,1-4H3. The second-order valence-electron chi connectivity index (χ2n) is 39.9. The summed E-state index contributed by atoms with van der Waals surface area (Å²) in [6, 6.07) is 37.6. The van der Waals surface area contributed by atoms with E-state index < -0.39 is 0 Å². The third-order valence-electron chi connectivity index (χ3n) is 27.4. The lowest BCUT2D eigenvalue weighted by atomic mass is 9.87. The molecule has 10 rings (SSSR count). The molecule has 0 aliphatic heterocycles. The van der Waals surface area contributed by atoms with Gasteiger partial charge in [-0.05, 0) is 262 Å². The van der Waals surface area contributed by atoms with E-state index in [2.05, 4.69) is 179 Å².